The van der Waals surface area contributed by atoms with E-state index in [1.165, 1.54) is 10.7 Å². The SMILES string of the molecule is C[C@H]1CN(c2cc(S(=O)(=O)NC3(C)CC3)cc3c2cnn3-c2nnc(C(F)F)s2)C[C@H](C)N1. The minimum atomic E-state index is -3.81. The lowest BCUT2D eigenvalue weighted by molar-refractivity contribution is 0.150. The van der Waals surface area contributed by atoms with Crippen molar-refractivity contribution in [3.63, 3.8) is 0 Å². The van der Waals surface area contributed by atoms with Crippen LogP contribution in [0.2, 0.25) is 0 Å². The molecule has 0 amide bonds. The summed E-state index contributed by atoms with van der Waals surface area (Å²) in [5.41, 5.74) is 0.779. The number of rotatable bonds is 6. The number of fused-ring (bicyclic) bond motifs is 1. The Morgan fingerprint density at radius 3 is 2.52 bits per heavy atom. The van der Waals surface area contributed by atoms with Gasteiger partial charge < -0.3 is 10.2 Å². The number of anilines is 1. The van der Waals surface area contributed by atoms with Crippen molar-refractivity contribution < 1.29 is 17.2 Å². The molecule has 1 saturated heterocycles. The molecule has 2 fully saturated rings. The molecule has 3 aromatic rings. The molecule has 0 radical (unpaired) electrons. The van der Waals surface area contributed by atoms with E-state index in [0.29, 0.717) is 18.6 Å². The second-order valence-electron chi connectivity index (χ2n) is 9.20. The van der Waals surface area contributed by atoms with Gasteiger partial charge in [-0.15, -0.1) is 10.2 Å². The maximum absolute atomic E-state index is 13.3. The number of piperazine rings is 1. The lowest BCUT2D eigenvalue weighted by Crippen LogP contribution is -2.54. The molecule has 2 aromatic heterocycles. The van der Waals surface area contributed by atoms with Gasteiger partial charge in [0.15, 0.2) is 5.01 Å². The lowest BCUT2D eigenvalue weighted by atomic mass is 10.1. The van der Waals surface area contributed by atoms with Gasteiger partial charge in [0.1, 0.15) is 0 Å². The molecule has 178 valence electrons. The Kier molecular flexibility index (Phi) is 5.42. The quantitative estimate of drug-likeness (QED) is 0.540. The van der Waals surface area contributed by atoms with Gasteiger partial charge in [-0.2, -0.15) is 5.10 Å². The van der Waals surface area contributed by atoms with Gasteiger partial charge in [0.05, 0.1) is 16.6 Å². The highest BCUT2D eigenvalue weighted by Gasteiger charge is 2.41. The summed E-state index contributed by atoms with van der Waals surface area (Å²) < 4.78 is 56.9. The van der Waals surface area contributed by atoms with Crippen LogP contribution in [-0.4, -0.2) is 59.1 Å². The predicted octanol–water partition coefficient (Wildman–Crippen LogP) is 2.83. The van der Waals surface area contributed by atoms with E-state index in [4.69, 9.17) is 0 Å². The third kappa shape index (κ3) is 4.34. The Bertz CT molecular complexity index is 1290. The van der Waals surface area contributed by atoms with Gasteiger partial charge in [0.25, 0.3) is 6.43 Å². The Morgan fingerprint density at radius 2 is 1.91 bits per heavy atom. The molecule has 0 bridgehead atoms. The highest BCUT2D eigenvalue weighted by Crippen LogP contribution is 2.38. The molecular weight excluding hydrogens is 472 g/mol. The van der Waals surface area contributed by atoms with Crippen molar-refractivity contribution in [3.8, 4) is 5.13 Å². The van der Waals surface area contributed by atoms with Gasteiger partial charge in [0.2, 0.25) is 15.2 Å². The van der Waals surface area contributed by atoms with E-state index in [2.05, 4.69) is 44.1 Å². The summed E-state index contributed by atoms with van der Waals surface area (Å²) in [6.07, 6.45) is 0.454. The third-order valence-corrected chi connectivity index (χ3v) is 8.55. The maximum Gasteiger partial charge on any atom is 0.291 e. The topological polar surface area (TPSA) is 105 Å². The van der Waals surface area contributed by atoms with Gasteiger partial charge in [0, 0.05) is 41.8 Å². The molecule has 1 aliphatic carbocycles. The molecule has 1 aromatic carbocycles. The minimum Gasteiger partial charge on any atom is -0.368 e. The molecule has 9 nitrogen and oxygen atoms in total. The van der Waals surface area contributed by atoms with Crippen molar-refractivity contribution in [3.05, 3.63) is 23.3 Å². The molecule has 1 aliphatic heterocycles. The molecule has 5 rings (SSSR count). The number of benzene rings is 1. The van der Waals surface area contributed by atoms with Crippen LogP contribution < -0.4 is 14.9 Å². The van der Waals surface area contributed by atoms with Crippen molar-refractivity contribution in [1.29, 1.82) is 0 Å². The number of nitrogens with one attached hydrogen (secondary N) is 2. The zero-order valence-corrected chi connectivity index (χ0v) is 20.1. The first-order chi connectivity index (χ1) is 15.5. The van der Waals surface area contributed by atoms with Crippen LogP contribution in [0.5, 0.6) is 0 Å². The summed E-state index contributed by atoms with van der Waals surface area (Å²) in [4.78, 5) is 2.25. The molecule has 1 saturated carbocycles. The normalized spacial score (nSPS) is 22.9. The summed E-state index contributed by atoms with van der Waals surface area (Å²) in [5.74, 6) is 0. The van der Waals surface area contributed by atoms with Crippen molar-refractivity contribution in [2.75, 3.05) is 18.0 Å². The number of hydrogen-bond acceptors (Lipinski definition) is 8. The predicted molar refractivity (Wildman–Crippen MR) is 122 cm³/mol. The highest BCUT2D eigenvalue weighted by molar-refractivity contribution is 7.89. The first-order valence-corrected chi connectivity index (χ1v) is 13.0. The highest BCUT2D eigenvalue weighted by atomic mass is 32.2. The molecular formula is C20H25F2N7O2S2. The smallest absolute Gasteiger partial charge is 0.291 e. The minimum absolute atomic E-state index is 0.109. The second kappa shape index (κ2) is 7.93. The van der Waals surface area contributed by atoms with Crippen LogP contribution in [0.1, 0.15) is 45.0 Å². The number of sulfonamides is 1. The van der Waals surface area contributed by atoms with Crippen LogP contribution in [0.3, 0.4) is 0 Å². The van der Waals surface area contributed by atoms with Crippen LogP contribution >= 0.6 is 11.3 Å². The first kappa shape index (κ1) is 22.6. The largest absolute Gasteiger partial charge is 0.368 e. The average Bonchev–Trinajstić information content (AvgIpc) is 3.14. The molecule has 0 unspecified atom stereocenters. The summed E-state index contributed by atoms with van der Waals surface area (Å²) in [7, 11) is -3.81. The molecule has 2 atom stereocenters. The number of nitrogens with zero attached hydrogens (tertiary/aromatic N) is 5. The van der Waals surface area contributed by atoms with Gasteiger partial charge in [-0.3, -0.25) is 0 Å². The Labute approximate surface area is 194 Å². The van der Waals surface area contributed by atoms with Crippen molar-refractivity contribution in [2.24, 2.45) is 0 Å². The summed E-state index contributed by atoms with van der Waals surface area (Å²) in [5, 5.41) is 15.7. The first-order valence-electron chi connectivity index (χ1n) is 10.7. The van der Waals surface area contributed by atoms with E-state index in [9.17, 15) is 17.2 Å². The summed E-state index contributed by atoms with van der Waals surface area (Å²) >= 11 is 0.729. The molecule has 33 heavy (non-hydrogen) atoms. The Morgan fingerprint density at radius 1 is 1.21 bits per heavy atom. The molecule has 2 N–H and O–H groups in total. The molecule has 0 spiro atoms. The maximum atomic E-state index is 13.3. The van der Waals surface area contributed by atoms with Gasteiger partial charge in [-0.25, -0.2) is 26.6 Å². The van der Waals surface area contributed by atoms with Crippen molar-refractivity contribution in [1.82, 2.24) is 30.0 Å². The Balaban J connectivity index is 1.67. The van der Waals surface area contributed by atoms with Gasteiger partial charge >= 0.3 is 0 Å². The average molecular weight is 498 g/mol. The molecule has 2 aliphatic rings. The number of hydrogen-bond donors (Lipinski definition) is 2. The lowest BCUT2D eigenvalue weighted by Gasteiger charge is -2.38. The van der Waals surface area contributed by atoms with Crippen LogP contribution in [0.25, 0.3) is 16.0 Å². The van der Waals surface area contributed by atoms with Crippen molar-refractivity contribution >= 4 is 38.0 Å². The fourth-order valence-corrected chi connectivity index (χ4v) is 6.42. The second-order valence-corrected chi connectivity index (χ2v) is 11.9. The van der Waals surface area contributed by atoms with E-state index in [0.717, 1.165) is 35.3 Å². The molecule has 3 heterocycles. The molecule has 13 heteroatoms. The van der Waals surface area contributed by atoms with E-state index < -0.39 is 27.0 Å². The zero-order valence-electron chi connectivity index (χ0n) is 18.4. The van der Waals surface area contributed by atoms with Crippen molar-refractivity contribution in [2.45, 2.75) is 62.6 Å². The van der Waals surface area contributed by atoms with E-state index in [1.807, 2.05) is 6.92 Å². The summed E-state index contributed by atoms with van der Waals surface area (Å²) in [6, 6.07) is 3.62. The van der Waals surface area contributed by atoms with E-state index >= 15 is 0 Å². The number of alkyl halides is 2. The fraction of sp³-hybridized carbons (Fsp3) is 0.550. The van der Waals surface area contributed by atoms with Crippen LogP contribution in [-0.2, 0) is 10.0 Å². The van der Waals surface area contributed by atoms with Gasteiger partial charge in [-0.05, 0) is 45.7 Å². The van der Waals surface area contributed by atoms with Crippen LogP contribution in [0.15, 0.2) is 23.2 Å². The standard InChI is InChI=1S/C20H25F2N7O2S2/c1-11-9-28(10-12(2)24-11)15-6-13(33(30,31)27-20(3)4-5-20)7-16-14(15)8-23-29(16)19-26-25-18(32-19)17(21)22/h6-8,11-12,17,24,27H,4-5,9-10H2,1-3H3/t11-,12-/m0/s1. The third-order valence-electron chi connectivity index (χ3n) is 6.03. The Hall–Kier alpha value is -2.22. The number of aromatic nitrogens is 4. The van der Waals surface area contributed by atoms with Crippen LogP contribution in [0, 0.1) is 0 Å². The zero-order chi connectivity index (χ0) is 23.5. The number of halogens is 2. The summed E-state index contributed by atoms with van der Waals surface area (Å²) in [6.45, 7) is 7.40. The van der Waals surface area contributed by atoms with E-state index in [1.54, 1.807) is 12.3 Å². The monoisotopic (exact) mass is 497 g/mol. The van der Waals surface area contributed by atoms with Crippen LogP contribution in [0.4, 0.5) is 14.5 Å². The van der Waals surface area contributed by atoms with E-state index in [-0.39, 0.29) is 22.1 Å². The van der Waals surface area contributed by atoms with Gasteiger partial charge in [-0.1, -0.05) is 11.3 Å². The fourth-order valence-electron chi connectivity index (χ4n) is 4.25.